The monoisotopic (exact) mass is 620 g/mol. The number of nitrogens with one attached hydrogen (secondary N) is 1. The second-order valence-electron chi connectivity index (χ2n) is 14.4. The number of unbranched alkanes of at least 4 members (excludes halogenated alkanes) is 36. The van der Waals surface area contributed by atoms with Crippen molar-refractivity contribution in [3.8, 4) is 0 Å². The molecular formula is C42H85NO. The molecule has 0 radical (unpaired) electrons. The van der Waals surface area contributed by atoms with Gasteiger partial charge in [0.2, 0.25) is 0 Å². The van der Waals surface area contributed by atoms with Crippen LogP contribution in [-0.4, -0.2) is 19.4 Å². The van der Waals surface area contributed by atoms with Crippen molar-refractivity contribution in [1.29, 1.82) is 0 Å². The SMILES string of the molecule is CCCCCCCCCCCCCCCCCCCCCCCCCCCCCCCCCCCCCCNCCCC=O. The molecule has 0 spiro atoms. The van der Waals surface area contributed by atoms with Crippen LogP contribution in [0.5, 0.6) is 0 Å². The maximum atomic E-state index is 10.3. The number of hydrogen-bond acceptors (Lipinski definition) is 2. The third kappa shape index (κ3) is 41.6. The van der Waals surface area contributed by atoms with Crippen LogP contribution in [0.25, 0.3) is 0 Å². The summed E-state index contributed by atoms with van der Waals surface area (Å²) in [5.41, 5.74) is 0. The minimum Gasteiger partial charge on any atom is -0.317 e. The molecule has 2 heteroatoms. The number of aldehydes is 1. The second-order valence-corrected chi connectivity index (χ2v) is 14.4. The van der Waals surface area contributed by atoms with Crippen molar-refractivity contribution in [2.24, 2.45) is 0 Å². The third-order valence-electron chi connectivity index (χ3n) is 9.88. The fourth-order valence-corrected chi connectivity index (χ4v) is 6.77. The standard InChI is InChI=1S/C42H85NO/c1-2-3-4-5-6-7-8-9-10-11-12-13-14-15-16-17-18-19-20-21-22-23-24-25-26-27-28-29-30-31-32-33-34-35-36-37-40-43-41-38-39-42-44/h42-43H,2-41H2,1H3. The van der Waals surface area contributed by atoms with Crippen LogP contribution in [0.15, 0.2) is 0 Å². The molecule has 0 aromatic carbocycles. The van der Waals surface area contributed by atoms with Crippen LogP contribution < -0.4 is 5.32 Å². The van der Waals surface area contributed by atoms with E-state index in [1.807, 2.05) is 0 Å². The minimum absolute atomic E-state index is 0.701. The molecule has 44 heavy (non-hydrogen) atoms. The molecule has 2 nitrogen and oxygen atoms in total. The molecule has 0 aliphatic rings. The lowest BCUT2D eigenvalue weighted by Gasteiger charge is -2.05. The van der Waals surface area contributed by atoms with Gasteiger partial charge < -0.3 is 10.1 Å². The molecule has 0 fully saturated rings. The third-order valence-corrected chi connectivity index (χ3v) is 9.88. The summed E-state index contributed by atoms with van der Waals surface area (Å²) in [6.07, 6.45) is 55.4. The van der Waals surface area contributed by atoms with E-state index >= 15 is 0 Å². The molecule has 0 heterocycles. The molecular weight excluding hydrogens is 534 g/mol. The van der Waals surface area contributed by atoms with Crippen molar-refractivity contribution in [3.63, 3.8) is 0 Å². The van der Waals surface area contributed by atoms with Crippen molar-refractivity contribution < 1.29 is 4.79 Å². The highest BCUT2D eigenvalue weighted by atomic mass is 16.1. The van der Waals surface area contributed by atoms with E-state index in [2.05, 4.69) is 12.2 Å². The van der Waals surface area contributed by atoms with Crippen molar-refractivity contribution in [3.05, 3.63) is 0 Å². The topological polar surface area (TPSA) is 29.1 Å². The molecule has 0 aromatic rings. The van der Waals surface area contributed by atoms with Gasteiger partial charge in [0, 0.05) is 6.42 Å². The molecule has 0 aromatic heterocycles. The van der Waals surface area contributed by atoms with Crippen LogP contribution in [0, 0.1) is 0 Å². The van der Waals surface area contributed by atoms with Crippen molar-refractivity contribution in [1.82, 2.24) is 5.32 Å². The summed E-state index contributed by atoms with van der Waals surface area (Å²) < 4.78 is 0. The Bertz CT molecular complexity index is 492. The Morgan fingerprint density at radius 1 is 0.295 bits per heavy atom. The summed E-state index contributed by atoms with van der Waals surface area (Å²) in [7, 11) is 0. The first-order valence-electron chi connectivity index (χ1n) is 21.1. The van der Waals surface area contributed by atoms with E-state index in [9.17, 15) is 4.79 Å². The number of hydrogen-bond donors (Lipinski definition) is 1. The van der Waals surface area contributed by atoms with Gasteiger partial charge in [-0.3, -0.25) is 0 Å². The van der Waals surface area contributed by atoms with Crippen LogP contribution in [0.3, 0.4) is 0 Å². The van der Waals surface area contributed by atoms with Crippen LogP contribution in [0.2, 0.25) is 0 Å². The zero-order chi connectivity index (χ0) is 31.7. The Morgan fingerprint density at radius 2 is 0.500 bits per heavy atom. The van der Waals surface area contributed by atoms with E-state index in [1.54, 1.807) is 0 Å². The van der Waals surface area contributed by atoms with Gasteiger partial charge in [0.05, 0.1) is 0 Å². The number of carbonyl (C=O) groups excluding carboxylic acids is 1. The zero-order valence-corrected chi connectivity index (χ0v) is 30.8. The Hall–Kier alpha value is -0.370. The maximum Gasteiger partial charge on any atom is 0.120 e. The quantitative estimate of drug-likeness (QED) is 0.0545. The van der Waals surface area contributed by atoms with Crippen LogP contribution >= 0.6 is 0 Å². The lowest BCUT2D eigenvalue weighted by molar-refractivity contribution is -0.107. The number of carbonyl (C=O) groups is 1. The fraction of sp³-hybridized carbons (Fsp3) is 0.976. The first-order valence-corrected chi connectivity index (χ1v) is 21.1. The lowest BCUT2D eigenvalue weighted by Crippen LogP contribution is -2.16. The van der Waals surface area contributed by atoms with Crippen LogP contribution in [-0.2, 0) is 4.79 Å². The Morgan fingerprint density at radius 3 is 0.727 bits per heavy atom. The van der Waals surface area contributed by atoms with E-state index in [0.717, 1.165) is 25.8 Å². The molecule has 0 unspecified atom stereocenters. The number of rotatable bonds is 41. The normalized spacial score (nSPS) is 11.5. The molecule has 0 saturated heterocycles. The van der Waals surface area contributed by atoms with Gasteiger partial charge in [0.15, 0.2) is 0 Å². The van der Waals surface area contributed by atoms with E-state index < -0.39 is 0 Å². The van der Waals surface area contributed by atoms with Gasteiger partial charge in [-0.2, -0.15) is 0 Å². The summed E-state index contributed by atoms with van der Waals surface area (Å²) in [4.78, 5) is 10.3. The molecule has 0 bridgehead atoms. The van der Waals surface area contributed by atoms with Gasteiger partial charge in [-0.05, 0) is 25.9 Å². The van der Waals surface area contributed by atoms with Crippen molar-refractivity contribution in [2.45, 2.75) is 251 Å². The first kappa shape index (κ1) is 43.6. The smallest absolute Gasteiger partial charge is 0.120 e. The molecule has 1 N–H and O–H groups in total. The Labute approximate surface area is 279 Å². The predicted octanol–water partition coefficient (Wildman–Crippen LogP) is 14.6. The average molecular weight is 620 g/mol. The van der Waals surface area contributed by atoms with Crippen LogP contribution in [0.1, 0.15) is 251 Å². The second kappa shape index (κ2) is 42.6. The van der Waals surface area contributed by atoms with E-state index in [0.29, 0.717) is 6.42 Å². The molecule has 0 amide bonds. The summed E-state index contributed by atoms with van der Waals surface area (Å²) in [5.74, 6) is 0. The Kier molecular flexibility index (Phi) is 42.3. The lowest BCUT2D eigenvalue weighted by atomic mass is 10.0. The van der Waals surface area contributed by atoms with Crippen LogP contribution in [0.4, 0.5) is 0 Å². The molecule has 264 valence electrons. The summed E-state index contributed by atoms with van der Waals surface area (Å²) in [5, 5.41) is 3.44. The fourth-order valence-electron chi connectivity index (χ4n) is 6.77. The van der Waals surface area contributed by atoms with Gasteiger partial charge >= 0.3 is 0 Å². The average Bonchev–Trinajstić information content (AvgIpc) is 3.04. The molecule has 0 rings (SSSR count). The highest BCUT2D eigenvalue weighted by Crippen LogP contribution is 2.17. The summed E-state index contributed by atoms with van der Waals surface area (Å²) in [6, 6.07) is 0. The largest absolute Gasteiger partial charge is 0.317 e. The van der Waals surface area contributed by atoms with Gasteiger partial charge in [-0.15, -0.1) is 0 Å². The van der Waals surface area contributed by atoms with E-state index in [4.69, 9.17) is 0 Å². The van der Waals surface area contributed by atoms with Gasteiger partial charge in [0.25, 0.3) is 0 Å². The maximum absolute atomic E-state index is 10.3. The molecule has 0 aliphatic carbocycles. The summed E-state index contributed by atoms with van der Waals surface area (Å²) in [6.45, 7) is 4.43. The molecule has 0 saturated carbocycles. The highest BCUT2D eigenvalue weighted by molar-refractivity contribution is 5.48. The zero-order valence-electron chi connectivity index (χ0n) is 30.8. The van der Waals surface area contributed by atoms with E-state index in [-0.39, 0.29) is 0 Å². The highest BCUT2D eigenvalue weighted by Gasteiger charge is 1.98. The van der Waals surface area contributed by atoms with Gasteiger partial charge in [-0.25, -0.2) is 0 Å². The molecule has 0 atom stereocenters. The molecule has 0 aliphatic heterocycles. The predicted molar refractivity (Wildman–Crippen MR) is 200 cm³/mol. The van der Waals surface area contributed by atoms with Crippen molar-refractivity contribution >= 4 is 6.29 Å². The van der Waals surface area contributed by atoms with Gasteiger partial charge in [0.1, 0.15) is 6.29 Å². The minimum atomic E-state index is 0.701. The van der Waals surface area contributed by atoms with E-state index in [1.165, 1.54) is 231 Å². The van der Waals surface area contributed by atoms with Gasteiger partial charge in [-0.1, -0.05) is 232 Å². The van der Waals surface area contributed by atoms with Crippen molar-refractivity contribution in [2.75, 3.05) is 13.1 Å². The first-order chi connectivity index (χ1) is 21.9. The Balaban J connectivity index is 3.03. The summed E-state index contributed by atoms with van der Waals surface area (Å²) >= 11 is 0.